The molecule has 0 saturated carbocycles. The first kappa shape index (κ1) is 28.4. The van der Waals surface area contributed by atoms with Gasteiger partial charge in [-0.1, -0.05) is 54.6 Å². The zero-order valence-electron chi connectivity index (χ0n) is 21.3. The van der Waals surface area contributed by atoms with Crippen molar-refractivity contribution in [3.05, 3.63) is 111 Å². The van der Waals surface area contributed by atoms with Crippen LogP contribution in [0.2, 0.25) is 0 Å². The van der Waals surface area contributed by atoms with Crippen molar-refractivity contribution in [3.63, 3.8) is 0 Å². The molecule has 1 aliphatic heterocycles. The minimum absolute atomic E-state index is 0.0131. The number of alkyl halides is 3. The molecule has 4 aromatic carbocycles. The predicted octanol–water partition coefficient (Wildman–Crippen LogP) is 7.23. The summed E-state index contributed by atoms with van der Waals surface area (Å²) in [5.74, 6) is -1.80. The lowest BCUT2D eigenvalue weighted by Gasteiger charge is -2.14. The standard InChI is InChI=1S/C29H18F3N3O6S/c30-29(31,32)19-12-13-24(22(15-19)35(39)40)41-23-11-4-2-7-18(23)14-25-27(37)34(28(38)42-25)16-26(36)33-21-10-5-8-17-6-1-3-9-20(17)21/h1-15H,16H2,(H,33,36)/b25-14+. The summed E-state index contributed by atoms with van der Waals surface area (Å²) in [5, 5.41) is 15.2. The molecule has 212 valence electrons. The van der Waals surface area contributed by atoms with Crippen molar-refractivity contribution in [2.75, 3.05) is 11.9 Å². The number of nitrogens with one attached hydrogen (secondary N) is 1. The van der Waals surface area contributed by atoms with Gasteiger partial charge in [0.15, 0.2) is 0 Å². The third-order valence-corrected chi connectivity index (χ3v) is 7.05. The number of fused-ring (bicyclic) bond motifs is 1. The van der Waals surface area contributed by atoms with Crippen LogP contribution in [0.3, 0.4) is 0 Å². The molecule has 1 fully saturated rings. The van der Waals surface area contributed by atoms with E-state index < -0.39 is 51.7 Å². The molecule has 0 radical (unpaired) electrons. The van der Waals surface area contributed by atoms with Gasteiger partial charge >= 0.3 is 11.9 Å². The van der Waals surface area contributed by atoms with Gasteiger partial charge in [0.05, 0.1) is 15.4 Å². The lowest BCUT2D eigenvalue weighted by molar-refractivity contribution is -0.385. The number of carbonyl (C=O) groups is 3. The number of ether oxygens (including phenoxy) is 1. The highest BCUT2D eigenvalue weighted by atomic mass is 32.2. The van der Waals surface area contributed by atoms with Crippen LogP contribution in [0.5, 0.6) is 11.5 Å². The third-order valence-electron chi connectivity index (χ3n) is 6.15. The molecule has 4 aromatic rings. The Kier molecular flexibility index (Phi) is 7.68. The number of thioether (sulfide) groups is 1. The summed E-state index contributed by atoms with van der Waals surface area (Å²) in [7, 11) is 0. The molecule has 5 rings (SSSR count). The highest BCUT2D eigenvalue weighted by Gasteiger charge is 2.37. The van der Waals surface area contributed by atoms with E-state index in [1.54, 1.807) is 18.2 Å². The first-order chi connectivity index (χ1) is 20.0. The fourth-order valence-electron chi connectivity index (χ4n) is 4.18. The maximum atomic E-state index is 13.1. The van der Waals surface area contributed by atoms with Gasteiger partial charge in [-0.3, -0.25) is 29.4 Å². The Morgan fingerprint density at radius 2 is 1.69 bits per heavy atom. The summed E-state index contributed by atoms with van der Waals surface area (Å²) >= 11 is 0.585. The number of hydrogen-bond donors (Lipinski definition) is 1. The number of imide groups is 1. The number of rotatable bonds is 7. The van der Waals surface area contributed by atoms with Crippen LogP contribution in [0.25, 0.3) is 16.8 Å². The number of hydrogen-bond acceptors (Lipinski definition) is 7. The zero-order valence-corrected chi connectivity index (χ0v) is 22.1. The van der Waals surface area contributed by atoms with Gasteiger partial charge < -0.3 is 10.1 Å². The summed E-state index contributed by atoms with van der Waals surface area (Å²) in [6.45, 7) is -0.541. The lowest BCUT2D eigenvalue weighted by atomic mass is 10.1. The highest BCUT2D eigenvalue weighted by molar-refractivity contribution is 8.18. The number of amides is 3. The van der Waals surface area contributed by atoms with Gasteiger partial charge in [-0.05, 0) is 47.5 Å². The molecule has 9 nitrogen and oxygen atoms in total. The van der Waals surface area contributed by atoms with Crippen molar-refractivity contribution in [3.8, 4) is 11.5 Å². The average Bonchev–Trinajstić information content (AvgIpc) is 3.21. The average molecular weight is 594 g/mol. The Hall–Kier alpha value is -5.17. The number of nitro benzene ring substituents is 1. The summed E-state index contributed by atoms with van der Waals surface area (Å²) in [4.78, 5) is 49.7. The maximum Gasteiger partial charge on any atom is 0.416 e. The molecule has 0 aliphatic carbocycles. The van der Waals surface area contributed by atoms with Crippen LogP contribution >= 0.6 is 11.8 Å². The minimum atomic E-state index is -4.80. The quantitative estimate of drug-likeness (QED) is 0.136. The van der Waals surface area contributed by atoms with Crippen LogP contribution in [-0.2, 0) is 15.8 Å². The molecule has 0 spiro atoms. The van der Waals surface area contributed by atoms with Gasteiger partial charge in [0.25, 0.3) is 11.1 Å². The first-order valence-corrected chi connectivity index (χ1v) is 13.0. The molecule has 42 heavy (non-hydrogen) atoms. The number of nitrogens with zero attached hydrogens (tertiary/aromatic N) is 2. The van der Waals surface area contributed by atoms with Crippen LogP contribution in [0.4, 0.5) is 29.3 Å². The van der Waals surface area contributed by atoms with Crippen molar-refractivity contribution in [2.24, 2.45) is 0 Å². The molecule has 0 bridgehead atoms. The van der Waals surface area contributed by atoms with Crippen molar-refractivity contribution in [1.29, 1.82) is 0 Å². The molecule has 1 saturated heterocycles. The van der Waals surface area contributed by atoms with E-state index in [1.807, 2.05) is 30.3 Å². The predicted molar refractivity (Wildman–Crippen MR) is 150 cm³/mol. The number of nitro groups is 1. The van der Waals surface area contributed by atoms with Crippen LogP contribution in [0.1, 0.15) is 11.1 Å². The summed E-state index contributed by atoms with van der Waals surface area (Å²) < 4.78 is 44.8. The van der Waals surface area contributed by atoms with Crippen LogP contribution < -0.4 is 10.1 Å². The van der Waals surface area contributed by atoms with Gasteiger partial charge in [-0.15, -0.1) is 0 Å². The van der Waals surface area contributed by atoms with E-state index in [4.69, 9.17) is 4.74 Å². The highest BCUT2D eigenvalue weighted by Crippen LogP contribution is 2.40. The Bertz CT molecular complexity index is 1780. The zero-order chi connectivity index (χ0) is 30.0. The van der Waals surface area contributed by atoms with Gasteiger partial charge in [0, 0.05) is 22.7 Å². The van der Waals surface area contributed by atoms with E-state index in [-0.39, 0.29) is 16.2 Å². The van der Waals surface area contributed by atoms with E-state index in [9.17, 15) is 37.7 Å². The van der Waals surface area contributed by atoms with E-state index in [0.29, 0.717) is 29.6 Å². The molecule has 1 aliphatic rings. The SMILES string of the molecule is O=C(CN1C(=O)S/C(=C/c2ccccc2Oc2ccc(C(F)(F)F)cc2[N+](=O)[O-])C1=O)Nc1cccc2ccccc12. The van der Waals surface area contributed by atoms with E-state index in [1.165, 1.54) is 24.3 Å². The van der Waals surface area contributed by atoms with Gasteiger partial charge in [-0.2, -0.15) is 13.2 Å². The van der Waals surface area contributed by atoms with E-state index in [2.05, 4.69) is 5.32 Å². The number of carbonyl (C=O) groups excluding carboxylic acids is 3. The number of halogens is 3. The van der Waals surface area contributed by atoms with E-state index >= 15 is 0 Å². The van der Waals surface area contributed by atoms with Crippen molar-refractivity contribution in [2.45, 2.75) is 6.18 Å². The Morgan fingerprint density at radius 3 is 2.45 bits per heavy atom. The molecule has 1 N–H and O–H groups in total. The fourth-order valence-corrected chi connectivity index (χ4v) is 5.01. The fraction of sp³-hybridized carbons (Fsp3) is 0.0690. The number of benzene rings is 4. The second-order valence-electron chi connectivity index (χ2n) is 8.92. The van der Waals surface area contributed by atoms with Gasteiger partial charge in [-0.25, -0.2) is 0 Å². The second-order valence-corrected chi connectivity index (χ2v) is 9.91. The van der Waals surface area contributed by atoms with Crippen molar-refractivity contribution < 1.29 is 37.2 Å². The van der Waals surface area contributed by atoms with Crippen LogP contribution in [0, 0.1) is 10.1 Å². The molecule has 3 amide bonds. The maximum absolute atomic E-state index is 13.1. The molecule has 13 heteroatoms. The number of para-hydroxylation sites is 1. The summed E-state index contributed by atoms with van der Waals surface area (Å²) in [6.07, 6.45) is -3.49. The Labute approximate surface area is 239 Å². The molecule has 0 atom stereocenters. The molecule has 1 heterocycles. The smallest absolute Gasteiger partial charge is 0.416 e. The van der Waals surface area contributed by atoms with Crippen molar-refractivity contribution in [1.82, 2.24) is 4.90 Å². The Morgan fingerprint density at radius 1 is 0.976 bits per heavy atom. The second kappa shape index (κ2) is 11.4. The van der Waals surface area contributed by atoms with Crippen LogP contribution in [0.15, 0.2) is 89.8 Å². The molecule has 0 aromatic heterocycles. The largest absolute Gasteiger partial charge is 0.449 e. The minimum Gasteiger partial charge on any atom is -0.449 e. The van der Waals surface area contributed by atoms with E-state index in [0.717, 1.165) is 21.7 Å². The number of anilines is 1. The first-order valence-electron chi connectivity index (χ1n) is 12.2. The van der Waals surface area contributed by atoms with Crippen molar-refractivity contribution >= 4 is 57.0 Å². The van der Waals surface area contributed by atoms with Gasteiger partial charge in [0.2, 0.25) is 11.7 Å². The lowest BCUT2D eigenvalue weighted by Crippen LogP contribution is -2.36. The van der Waals surface area contributed by atoms with Crippen LogP contribution in [-0.4, -0.2) is 33.4 Å². The normalized spacial score (nSPS) is 14.5. The summed E-state index contributed by atoms with van der Waals surface area (Å²) in [6, 6.07) is 20.6. The third kappa shape index (κ3) is 5.95. The summed E-state index contributed by atoms with van der Waals surface area (Å²) in [5.41, 5.74) is -1.38. The topological polar surface area (TPSA) is 119 Å². The van der Waals surface area contributed by atoms with Gasteiger partial charge in [0.1, 0.15) is 12.3 Å². The Balaban J connectivity index is 1.35. The molecular weight excluding hydrogens is 575 g/mol. The monoisotopic (exact) mass is 593 g/mol. The molecular formula is C29H18F3N3O6S. The molecule has 0 unspecified atom stereocenters.